The van der Waals surface area contributed by atoms with Gasteiger partial charge in [0.25, 0.3) is 16.1 Å². The van der Waals surface area contributed by atoms with Crippen molar-refractivity contribution < 1.29 is 22.7 Å². The zero-order chi connectivity index (χ0) is 17.5. The number of piperidine rings is 1. The second-order valence-corrected chi connectivity index (χ2v) is 8.73. The average molecular weight is 357 g/mol. The van der Waals surface area contributed by atoms with Crippen molar-refractivity contribution in [3.8, 4) is 0 Å². The van der Waals surface area contributed by atoms with Crippen LogP contribution in [0.4, 0.5) is 0 Å². The number of amides is 1. The molecule has 0 aliphatic carbocycles. The van der Waals surface area contributed by atoms with Gasteiger partial charge in [-0.2, -0.15) is 17.0 Å². The van der Waals surface area contributed by atoms with Gasteiger partial charge >= 0.3 is 0 Å². The minimum atomic E-state index is -3.49. The Morgan fingerprint density at radius 3 is 2.67 bits per heavy atom. The van der Waals surface area contributed by atoms with Crippen LogP contribution in [-0.2, 0) is 16.8 Å². The van der Waals surface area contributed by atoms with Crippen molar-refractivity contribution in [2.24, 2.45) is 5.92 Å². The van der Waals surface area contributed by atoms with E-state index in [2.05, 4.69) is 0 Å². The predicted molar refractivity (Wildman–Crippen MR) is 86.4 cm³/mol. The van der Waals surface area contributed by atoms with Crippen molar-refractivity contribution in [2.75, 3.05) is 33.7 Å². The highest BCUT2D eigenvalue weighted by Gasteiger charge is 2.42. The Balaban J connectivity index is 1.82. The second-order valence-electron chi connectivity index (χ2n) is 6.59. The van der Waals surface area contributed by atoms with Crippen LogP contribution in [0.25, 0.3) is 0 Å². The van der Waals surface area contributed by atoms with Gasteiger partial charge in [0.1, 0.15) is 12.4 Å². The number of aliphatic hydroxyl groups excluding tert-OH is 1. The van der Waals surface area contributed by atoms with Gasteiger partial charge in [-0.1, -0.05) is 0 Å². The topological polar surface area (TPSA) is 94.3 Å². The van der Waals surface area contributed by atoms with Crippen LogP contribution in [0.5, 0.6) is 0 Å². The van der Waals surface area contributed by atoms with Gasteiger partial charge in [-0.05, 0) is 30.9 Å². The average Bonchev–Trinajstić information content (AvgIpc) is 2.84. The first-order valence-corrected chi connectivity index (χ1v) is 9.40. The number of aliphatic hydroxyl groups is 1. The summed E-state index contributed by atoms with van der Waals surface area (Å²) < 4.78 is 32.9. The van der Waals surface area contributed by atoms with Crippen molar-refractivity contribution >= 4 is 16.1 Å². The number of nitrogens with zero attached hydrogens (tertiary/aromatic N) is 3. The summed E-state index contributed by atoms with van der Waals surface area (Å²) in [7, 11) is -0.454. The van der Waals surface area contributed by atoms with Crippen LogP contribution in [0.15, 0.2) is 16.5 Å². The maximum Gasteiger partial charge on any atom is 0.289 e. The smallest absolute Gasteiger partial charge is 0.289 e. The molecular formula is C15H23N3O5S. The molecule has 4 heterocycles. The third kappa shape index (κ3) is 3.08. The molecule has 2 bridgehead atoms. The maximum absolute atomic E-state index is 12.7. The highest BCUT2D eigenvalue weighted by molar-refractivity contribution is 7.86. The van der Waals surface area contributed by atoms with E-state index in [0.29, 0.717) is 25.4 Å². The highest BCUT2D eigenvalue weighted by Crippen LogP contribution is 2.31. The molecule has 3 fully saturated rings. The van der Waals surface area contributed by atoms with Crippen molar-refractivity contribution in [3.05, 3.63) is 23.7 Å². The Bertz CT molecular complexity index is 714. The standard InChI is InChI=1S/C15H23N3O5S/c1-16(2)24(21,22)17-7-11-3-4-12(9-17)18(8-11)15(20)14-6-5-13(10-19)23-14/h5-6,11-12,19H,3-4,7-10H2,1-2H3/t11-,12+/m1/s1. The summed E-state index contributed by atoms with van der Waals surface area (Å²) in [6, 6.07) is 2.97. The number of rotatable bonds is 4. The third-order valence-corrected chi connectivity index (χ3v) is 6.63. The van der Waals surface area contributed by atoms with Gasteiger partial charge in [0, 0.05) is 39.8 Å². The Kier molecular flexibility index (Phi) is 4.69. The molecule has 1 amide bonds. The fourth-order valence-corrected chi connectivity index (χ4v) is 4.65. The summed E-state index contributed by atoms with van der Waals surface area (Å²) in [6.45, 7) is 1.00. The lowest BCUT2D eigenvalue weighted by Crippen LogP contribution is -2.48. The molecule has 3 aliphatic heterocycles. The van der Waals surface area contributed by atoms with Crippen LogP contribution in [-0.4, -0.2) is 72.7 Å². The summed E-state index contributed by atoms with van der Waals surface area (Å²) in [5.41, 5.74) is 0. The van der Waals surface area contributed by atoms with Gasteiger partial charge in [-0.15, -0.1) is 0 Å². The molecular weight excluding hydrogens is 334 g/mol. The maximum atomic E-state index is 12.7. The SMILES string of the molecule is CN(C)S(=O)(=O)N1C[C@H]2CC[C@@H](C1)N(C(=O)c1ccc(CO)o1)C2. The van der Waals surface area contributed by atoms with E-state index in [4.69, 9.17) is 9.52 Å². The molecule has 1 N–H and O–H groups in total. The molecule has 0 aromatic carbocycles. The first-order valence-electron chi connectivity index (χ1n) is 8.01. The zero-order valence-corrected chi connectivity index (χ0v) is 14.7. The summed E-state index contributed by atoms with van der Waals surface area (Å²) in [5, 5.41) is 9.07. The van der Waals surface area contributed by atoms with Crippen molar-refractivity contribution in [1.82, 2.24) is 13.5 Å². The van der Waals surface area contributed by atoms with Crippen LogP contribution in [0, 0.1) is 5.92 Å². The van der Waals surface area contributed by atoms with Gasteiger partial charge in [0.05, 0.1) is 0 Å². The van der Waals surface area contributed by atoms with E-state index in [1.54, 1.807) is 17.0 Å². The summed E-state index contributed by atoms with van der Waals surface area (Å²) in [4.78, 5) is 14.5. The molecule has 2 atom stereocenters. The van der Waals surface area contributed by atoms with Gasteiger partial charge < -0.3 is 14.4 Å². The Hall–Kier alpha value is -1.42. The Labute approximate surface area is 141 Å². The van der Waals surface area contributed by atoms with E-state index in [1.807, 2.05) is 0 Å². The molecule has 3 saturated heterocycles. The normalized spacial score (nSPS) is 25.2. The molecule has 0 spiro atoms. The number of furan rings is 1. The van der Waals surface area contributed by atoms with E-state index in [0.717, 1.165) is 12.8 Å². The van der Waals surface area contributed by atoms with Crippen LogP contribution in [0.2, 0.25) is 0 Å². The summed E-state index contributed by atoms with van der Waals surface area (Å²) in [6.07, 6.45) is 1.69. The first kappa shape index (κ1) is 17.4. The fourth-order valence-electron chi connectivity index (χ4n) is 3.43. The number of carbonyl (C=O) groups excluding carboxylic acids is 1. The van der Waals surface area contributed by atoms with Crippen LogP contribution >= 0.6 is 0 Å². The Morgan fingerprint density at radius 1 is 1.29 bits per heavy atom. The van der Waals surface area contributed by atoms with E-state index in [-0.39, 0.29) is 30.2 Å². The number of carbonyl (C=O) groups is 1. The van der Waals surface area contributed by atoms with Crippen molar-refractivity contribution in [3.63, 3.8) is 0 Å². The molecule has 9 heteroatoms. The monoisotopic (exact) mass is 357 g/mol. The van der Waals surface area contributed by atoms with Gasteiger partial charge in [-0.25, -0.2) is 0 Å². The third-order valence-electron chi connectivity index (χ3n) is 4.76. The molecule has 4 rings (SSSR count). The lowest BCUT2D eigenvalue weighted by Gasteiger charge is -2.35. The molecule has 1 aromatic heterocycles. The van der Waals surface area contributed by atoms with E-state index < -0.39 is 10.2 Å². The van der Waals surface area contributed by atoms with E-state index in [1.165, 1.54) is 22.7 Å². The summed E-state index contributed by atoms with van der Waals surface area (Å²) in [5.74, 6) is 0.409. The molecule has 24 heavy (non-hydrogen) atoms. The lowest BCUT2D eigenvalue weighted by atomic mass is 9.95. The van der Waals surface area contributed by atoms with Crippen LogP contribution < -0.4 is 0 Å². The Morgan fingerprint density at radius 2 is 2.04 bits per heavy atom. The van der Waals surface area contributed by atoms with Crippen molar-refractivity contribution in [1.29, 1.82) is 0 Å². The predicted octanol–water partition coefficient (Wildman–Crippen LogP) is 0.115. The molecule has 0 radical (unpaired) electrons. The van der Waals surface area contributed by atoms with Gasteiger partial charge in [0.15, 0.2) is 5.76 Å². The molecule has 0 saturated carbocycles. The number of hydrogen-bond donors (Lipinski definition) is 1. The quantitative estimate of drug-likeness (QED) is 0.826. The fraction of sp³-hybridized carbons (Fsp3) is 0.667. The minimum absolute atomic E-state index is 0.120. The molecule has 1 aromatic rings. The number of fused-ring (bicyclic) bond motifs is 4. The van der Waals surface area contributed by atoms with Crippen LogP contribution in [0.3, 0.4) is 0 Å². The van der Waals surface area contributed by atoms with Crippen molar-refractivity contribution in [2.45, 2.75) is 25.5 Å². The second kappa shape index (κ2) is 6.47. The van der Waals surface area contributed by atoms with Gasteiger partial charge in [0.2, 0.25) is 0 Å². The molecule has 8 nitrogen and oxygen atoms in total. The minimum Gasteiger partial charge on any atom is -0.453 e. The summed E-state index contributed by atoms with van der Waals surface area (Å²) >= 11 is 0. The molecule has 0 unspecified atom stereocenters. The van der Waals surface area contributed by atoms with E-state index >= 15 is 0 Å². The highest BCUT2D eigenvalue weighted by atomic mass is 32.2. The zero-order valence-electron chi connectivity index (χ0n) is 13.9. The number of hydrogen-bond acceptors (Lipinski definition) is 5. The molecule has 3 aliphatic rings. The van der Waals surface area contributed by atoms with Gasteiger partial charge in [-0.3, -0.25) is 4.79 Å². The largest absolute Gasteiger partial charge is 0.453 e. The van der Waals surface area contributed by atoms with E-state index in [9.17, 15) is 13.2 Å². The first-order chi connectivity index (χ1) is 11.3. The van der Waals surface area contributed by atoms with Crippen LogP contribution in [0.1, 0.15) is 29.2 Å². The lowest BCUT2D eigenvalue weighted by molar-refractivity contribution is 0.0552. The molecule has 134 valence electrons.